The van der Waals surface area contributed by atoms with E-state index in [0.717, 1.165) is 11.1 Å². The van der Waals surface area contributed by atoms with Gasteiger partial charge in [0.2, 0.25) is 0 Å². The van der Waals surface area contributed by atoms with Gasteiger partial charge in [0.15, 0.2) is 5.65 Å². The summed E-state index contributed by atoms with van der Waals surface area (Å²) in [5.74, 6) is -0.0316. The van der Waals surface area contributed by atoms with Crippen molar-refractivity contribution in [3.05, 3.63) is 65.2 Å². The molecule has 0 fully saturated rings. The summed E-state index contributed by atoms with van der Waals surface area (Å²) in [5.41, 5.74) is 4.14. The van der Waals surface area contributed by atoms with Crippen molar-refractivity contribution in [3.8, 4) is 0 Å². The monoisotopic (exact) mass is 334 g/mol. The van der Waals surface area contributed by atoms with Crippen molar-refractivity contribution in [1.82, 2.24) is 19.9 Å². The van der Waals surface area contributed by atoms with E-state index in [0.29, 0.717) is 23.3 Å². The summed E-state index contributed by atoms with van der Waals surface area (Å²) in [7, 11) is 1.83. The van der Waals surface area contributed by atoms with E-state index in [2.05, 4.69) is 21.0 Å². The lowest BCUT2D eigenvalue weighted by Crippen LogP contribution is -2.37. The van der Waals surface area contributed by atoms with Crippen LogP contribution < -0.4 is 0 Å². The molecule has 25 heavy (non-hydrogen) atoms. The molecule has 3 aromatic heterocycles. The van der Waals surface area contributed by atoms with Crippen LogP contribution in [0.5, 0.6) is 0 Å². The van der Waals surface area contributed by atoms with Gasteiger partial charge in [0, 0.05) is 43.0 Å². The largest absolute Gasteiger partial charge is 0.339 e. The number of carbonyl (C=O) groups is 1. The van der Waals surface area contributed by atoms with Gasteiger partial charge in [-0.1, -0.05) is 0 Å². The lowest BCUT2D eigenvalue weighted by molar-refractivity contribution is 0.0742. The molecule has 5 heteroatoms. The minimum atomic E-state index is -0.0316. The van der Waals surface area contributed by atoms with Crippen molar-refractivity contribution in [2.45, 2.75) is 33.2 Å². The molecular weight excluding hydrogens is 312 g/mol. The summed E-state index contributed by atoms with van der Waals surface area (Å²) in [5, 5.41) is 0.873. The molecule has 0 N–H and O–H groups in total. The van der Waals surface area contributed by atoms with Crippen LogP contribution in [0.1, 0.15) is 34.2 Å². The molecule has 0 spiro atoms. The van der Waals surface area contributed by atoms with E-state index < -0.39 is 0 Å². The smallest absolute Gasteiger partial charge is 0.255 e. The summed E-state index contributed by atoms with van der Waals surface area (Å²) >= 11 is 0. The Morgan fingerprint density at radius 3 is 2.72 bits per heavy atom. The molecule has 0 bridgehead atoms. The Balaban J connectivity index is 1.83. The number of hydrogen-bond acceptors (Lipinski definition) is 4. The second-order valence-electron chi connectivity index (χ2n) is 6.47. The average Bonchev–Trinajstić information content (AvgIpc) is 2.60. The zero-order chi connectivity index (χ0) is 18.0. The molecule has 0 aliphatic heterocycles. The summed E-state index contributed by atoms with van der Waals surface area (Å²) in [6, 6.07) is 9.71. The topological polar surface area (TPSA) is 59.0 Å². The van der Waals surface area contributed by atoms with Crippen LogP contribution in [0.4, 0.5) is 0 Å². The van der Waals surface area contributed by atoms with Crippen LogP contribution in [0.15, 0.2) is 42.7 Å². The Kier molecular flexibility index (Phi) is 4.74. The van der Waals surface area contributed by atoms with Crippen LogP contribution in [-0.2, 0) is 6.42 Å². The molecule has 0 aliphatic rings. The van der Waals surface area contributed by atoms with E-state index in [1.54, 1.807) is 11.1 Å². The molecule has 3 heterocycles. The Bertz CT molecular complexity index is 922. The second kappa shape index (κ2) is 6.97. The van der Waals surface area contributed by atoms with Gasteiger partial charge in [0.1, 0.15) is 0 Å². The number of nitrogens with zero attached hydrogens (tertiary/aromatic N) is 4. The maximum Gasteiger partial charge on any atom is 0.255 e. The van der Waals surface area contributed by atoms with E-state index in [-0.39, 0.29) is 11.9 Å². The fourth-order valence-electron chi connectivity index (χ4n) is 2.85. The van der Waals surface area contributed by atoms with E-state index in [9.17, 15) is 4.79 Å². The summed E-state index contributed by atoms with van der Waals surface area (Å²) in [4.78, 5) is 27.8. The van der Waals surface area contributed by atoms with E-state index in [1.165, 1.54) is 5.56 Å². The SMILES string of the molecule is Cc1ccnc(C[C@@H](C)N(C)C(=O)c2cc3cccnc3nc2C)c1. The van der Waals surface area contributed by atoms with Crippen LogP contribution in [0, 0.1) is 13.8 Å². The number of aryl methyl sites for hydroxylation is 2. The molecule has 0 aromatic carbocycles. The van der Waals surface area contributed by atoms with Crippen LogP contribution in [0.3, 0.4) is 0 Å². The van der Waals surface area contributed by atoms with Crippen LogP contribution in [0.25, 0.3) is 11.0 Å². The maximum absolute atomic E-state index is 13.0. The van der Waals surface area contributed by atoms with Crippen molar-refractivity contribution in [2.75, 3.05) is 7.05 Å². The van der Waals surface area contributed by atoms with Crippen molar-refractivity contribution in [2.24, 2.45) is 0 Å². The average molecular weight is 334 g/mol. The van der Waals surface area contributed by atoms with Gasteiger partial charge in [-0.3, -0.25) is 9.78 Å². The number of amides is 1. The second-order valence-corrected chi connectivity index (χ2v) is 6.47. The van der Waals surface area contributed by atoms with E-state index >= 15 is 0 Å². The highest BCUT2D eigenvalue weighted by Gasteiger charge is 2.21. The molecule has 0 saturated carbocycles. The lowest BCUT2D eigenvalue weighted by Gasteiger charge is -2.25. The van der Waals surface area contributed by atoms with Crippen LogP contribution >= 0.6 is 0 Å². The normalized spacial score (nSPS) is 12.2. The highest BCUT2D eigenvalue weighted by atomic mass is 16.2. The summed E-state index contributed by atoms with van der Waals surface area (Å²) in [6.07, 6.45) is 4.23. The predicted molar refractivity (Wildman–Crippen MR) is 98.5 cm³/mol. The fraction of sp³-hybridized carbons (Fsp3) is 0.300. The third-order valence-corrected chi connectivity index (χ3v) is 4.47. The van der Waals surface area contributed by atoms with E-state index in [1.807, 2.05) is 58.3 Å². The molecule has 0 radical (unpaired) electrons. The predicted octanol–water partition coefficient (Wildman–Crippen LogP) is 3.34. The highest BCUT2D eigenvalue weighted by molar-refractivity contribution is 5.98. The molecule has 0 aliphatic carbocycles. The first-order chi connectivity index (χ1) is 12.0. The van der Waals surface area contributed by atoms with Crippen molar-refractivity contribution >= 4 is 16.9 Å². The third-order valence-electron chi connectivity index (χ3n) is 4.47. The summed E-state index contributed by atoms with van der Waals surface area (Å²) in [6.45, 7) is 5.93. The Hall–Kier alpha value is -2.82. The molecule has 0 saturated heterocycles. The molecule has 5 nitrogen and oxygen atoms in total. The number of aromatic nitrogens is 3. The zero-order valence-corrected chi connectivity index (χ0v) is 15.0. The van der Waals surface area contributed by atoms with Gasteiger partial charge in [0.25, 0.3) is 5.91 Å². The Labute approximate surface area is 147 Å². The zero-order valence-electron chi connectivity index (χ0n) is 15.0. The lowest BCUT2D eigenvalue weighted by atomic mass is 10.1. The van der Waals surface area contributed by atoms with Gasteiger partial charge >= 0.3 is 0 Å². The van der Waals surface area contributed by atoms with Gasteiger partial charge in [-0.25, -0.2) is 9.97 Å². The molecule has 1 atom stereocenters. The molecule has 0 unspecified atom stereocenters. The van der Waals surface area contributed by atoms with E-state index in [4.69, 9.17) is 0 Å². The number of rotatable bonds is 4. The molecule has 3 aromatic rings. The quantitative estimate of drug-likeness (QED) is 0.734. The van der Waals surface area contributed by atoms with Gasteiger partial charge in [-0.2, -0.15) is 0 Å². The van der Waals surface area contributed by atoms with Crippen molar-refractivity contribution in [1.29, 1.82) is 0 Å². The van der Waals surface area contributed by atoms with Gasteiger partial charge < -0.3 is 4.90 Å². The van der Waals surface area contributed by atoms with Gasteiger partial charge in [-0.15, -0.1) is 0 Å². The van der Waals surface area contributed by atoms with Crippen LogP contribution in [-0.4, -0.2) is 38.8 Å². The minimum absolute atomic E-state index is 0.0316. The summed E-state index contributed by atoms with van der Waals surface area (Å²) < 4.78 is 0. The van der Waals surface area contributed by atoms with Crippen molar-refractivity contribution < 1.29 is 4.79 Å². The Morgan fingerprint density at radius 1 is 1.16 bits per heavy atom. The number of carbonyl (C=O) groups excluding carboxylic acids is 1. The van der Waals surface area contributed by atoms with Crippen molar-refractivity contribution in [3.63, 3.8) is 0 Å². The molecule has 1 amide bonds. The molecule has 128 valence electrons. The van der Waals surface area contributed by atoms with Gasteiger partial charge in [-0.05, 0) is 56.7 Å². The first kappa shape index (κ1) is 17.0. The number of likely N-dealkylation sites (N-methyl/N-ethyl adjacent to an activating group) is 1. The van der Waals surface area contributed by atoms with Gasteiger partial charge in [0.05, 0.1) is 11.3 Å². The first-order valence-corrected chi connectivity index (χ1v) is 8.37. The fourth-order valence-corrected chi connectivity index (χ4v) is 2.85. The number of pyridine rings is 3. The first-order valence-electron chi connectivity index (χ1n) is 8.37. The minimum Gasteiger partial charge on any atom is -0.339 e. The molecule has 3 rings (SSSR count). The molecular formula is C20H22N4O. The standard InChI is InChI=1S/C20H22N4O/c1-13-7-9-21-17(10-13)11-14(2)24(4)20(25)18-12-16-6-5-8-22-19(16)23-15(18)3/h5-10,12,14H,11H2,1-4H3/t14-/m1/s1. The third kappa shape index (κ3) is 3.65. The maximum atomic E-state index is 13.0. The van der Waals surface area contributed by atoms with Crippen LogP contribution in [0.2, 0.25) is 0 Å². The highest BCUT2D eigenvalue weighted by Crippen LogP contribution is 2.17. The number of fused-ring (bicyclic) bond motifs is 1. The number of hydrogen-bond donors (Lipinski definition) is 0. The Morgan fingerprint density at radius 2 is 1.96 bits per heavy atom.